The Labute approximate surface area is 165 Å². The first-order valence-corrected chi connectivity index (χ1v) is 9.52. The van der Waals surface area contributed by atoms with Crippen LogP contribution in [0.3, 0.4) is 0 Å². The van der Waals surface area contributed by atoms with Crippen molar-refractivity contribution in [1.29, 1.82) is 0 Å². The molecule has 1 aliphatic rings. The van der Waals surface area contributed by atoms with Crippen molar-refractivity contribution in [2.75, 3.05) is 36.8 Å². The molecule has 4 amide bonds. The third-order valence-corrected chi connectivity index (χ3v) is 5.03. The van der Waals surface area contributed by atoms with Gasteiger partial charge in [0.05, 0.1) is 0 Å². The zero-order chi connectivity index (χ0) is 19.4. The maximum atomic E-state index is 12.5. The molecule has 3 rings (SSSR count). The summed E-state index contributed by atoms with van der Waals surface area (Å²) in [6, 6.07) is 6.30. The van der Waals surface area contributed by atoms with Gasteiger partial charge in [0.15, 0.2) is 5.13 Å². The molecule has 2 N–H and O–H groups in total. The van der Waals surface area contributed by atoms with Crippen LogP contribution in [0, 0.1) is 0 Å². The molecule has 1 saturated heterocycles. The van der Waals surface area contributed by atoms with Crippen molar-refractivity contribution >= 4 is 51.6 Å². The highest BCUT2D eigenvalue weighted by atomic mass is 35.5. The molecule has 1 aromatic carbocycles. The molecule has 8 nitrogen and oxygen atoms in total. The van der Waals surface area contributed by atoms with Gasteiger partial charge in [0, 0.05) is 49.2 Å². The highest BCUT2D eigenvalue weighted by Gasteiger charge is 2.25. The monoisotopic (exact) mass is 407 g/mol. The van der Waals surface area contributed by atoms with E-state index in [4.69, 9.17) is 11.6 Å². The maximum absolute atomic E-state index is 12.5. The number of nitrogens with one attached hydrogen (secondary N) is 2. The molecule has 1 fully saturated rings. The highest BCUT2D eigenvalue weighted by molar-refractivity contribution is 7.14. The van der Waals surface area contributed by atoms with Crippen molar-refractivity contribution in [2.24, 2.45) is 0 Å². The number of piperazine rings is 1. The average Bonchev–Trinajstić information content (AvgIpc) is 3.09. The van der Waals surface area contributed by atoms with Crippen LogP contribution in [0.25, 0.3) is 0 Å². The Morgan fingerprint density at radius 3 is 2.48 bits per heavy atom. The summed E-state index contributed by atoms with van der Waals surface area (Å²) in [5.74, 6) is -0.203. The summed E-state index contributed by atoms with van der Waals surface area (Å²) in [6.45, 7) is 3.48. The summed E-state index contributed by atoms with van der Waals surface area (Å²) in [5, 5.41) is 7.69. The van der Waals surface area contributed by atoms with E-state index in [1.165, 1.54) is 18.3 Å². The molecular weight excluding hydrogens is 390 g/mol. The number of anilines is 2. The fourth-order valence-corrected chi connectivity index (χ4v) is 3.51. The number of amides is 4. The van der Waals surface area contributed by atoms with Crippen LogP contribution in [0.5, 0.6) is 0 Å². The van der Waals surface area contributed by atoms with Crippen LogP contribution in [0.2, 0.25) is 5.02 Å². The van der Waals surface area contributed by atoms with E-state index in [1.807, 2.05) is 0 Å². The van der Waals surface area contributed by atoms with Crippen molar-refractivity contribution in [3.63, 3.8) is 0 Å². The van der Waals surface area contributed by atoms with Gasteiger partial charge in [-0.1, -0.05) is 17.7 Å². The largest absolute Gasteiger partial charge is 0.339 e. The molecule has 0 spiro atoms. The van der Waals surface area contributed by atoms with E-state index in [1.54, 1.807) is 39.4 Å². The molecule has 27 heavy (non-hydrogen) atoms. The second-order valence-corrected chi connectivity index (χ2v) is 7.22. The van der Waals surface area contributed by atoms with Gasteiger partial charge in [-0.25, -0.2) is 9.78 Å². The lowest BCUT2D eigenvalue weighted by molar-refractivity contribution is -0.130. The van der Waals surface area contributed by atoms with E-state index in [0.717, 1.165) is 0 Å². The number of halogens is 1. The molecular formula is C17H18ClN5O3S. The number of urea groups is 1. The Balaban J connectivity index is 1.55. The molecule has 142 valence electrons. The Morgan fingerprint density at radius 2 is 1.81 bits per heavy atom. The van der Waals surface area contributed by atoms with Gasteiger partial charge in [-0.15, -0.1) is 11.3 Å². The van der Waals surface area contributed by atoms with Crippen molar-refractivity contribution < 1.29 is 14.4 Å². The predicted octanol–water partition coefficient (Wildman–Crippen LogP) is 2.74. The topological polar surface area (TPSA) is 94.6 Å². The van der Waals surface area contributed by atoms with Crippen molar-refractivity contribution in [2.45, 2.75) is 6.92 Å². The van der Waals surface area contributed by atoms with Gasteiger partial charge >= 0.3 is 6.03 Å². The second kappa shape index (κ2) is 8.36. The van der Waals surface area contributed by atoms with Crippen molar-refractivity contribution in [3.8, 4) is 0 Å². The number of nitrogens with zero attached hydrogens (tertiary/aromatic N) is 3. The van der Waals surface area contributed by atoms with E-state index in [0.29, 0.717) is 42.0 Å². The van der Waals surface area contributed by atoms with E-state index >= 15 is 0 Å². The molecule has 10 heteroatoms. The Morgan fingerprint density at radius 1 is 1.11 bits per heavy atom. The lowest BCUT2D eigenvalue weighted by Gasteiger charge is -2.33. The minimum absolute atomic E-state index is 0.00737. The Bertz CT molecular complexity index is 864. The number of rotatable bonds is 3. The van der Waals surface area contributed by atoms with Crippen molar-refractivity contribution in [3.05, 3.63) is 40.4 Å². The number of carbonyl (C=O) groups is 3. The smallest absolute Gasteiger partial charge is 0.325 e. The first-order chi connectivity index (χ1) is 12.9. The van der Waals surface area contributed by atoms with Gasteiger partial charge in [-0.05, 0) is 18.2 Å². The first kappa shape index (κ1) is 19.1. The van der Waals surface area contributed by atoms with E-state index < -0.39 is 6.03 Å². The fourth-order valence-electron chi connectivity index (χ4n) is 2.64. The van der Waals surface area contributed by atoms with Crippen LogP contribution < -0.4 is 10.6 Å². The van der Waals surface area contributed by atoms with Crippen LogP contribution in [-0.2, 0) is 4.79 Å². The molecule has 1 aromatic heterocycles. The van der Waals surface area contributed by atoms with Gasteiger partial charge in [0.25, 0.3) is 5.91 Å². The van der Waals surface area contributed by atoms with E-state index in [9.17, 15) is 14.4 Å². The van der Waals surface area contributed by atoms with Crippen LogP contribution in [0.4, 0.5) is 15.6 Å². The summed E-state index contributed by atoms with van der Waals surface area (Å²) in [6.07, 6.45) is 0. The zero-order valence-corrected chi connectivity index (χ0v) is 16.1. The normalized spacial score (nSPS) is 14.0. The summed E-state index contributed by atoms with van der Waals surface area (Å²) >= 11 is 7.05. The quantitative estimate of drug-likeness (QED) is 0.817. The molecule has 0 radical (unpaired) electrons. The number of carbonyl (C=O) groups excluding carboxylic acids is 3. The summed E-state index contributed by atoms with van der Waals surface area (Å²) < 4.78 is 0. The molecule has 0 bridgehead atoms. The SMILES string of the molecule is CC(=O)N1CCN(C(=O)c2csc(NC(=O)Nc3cccc(Cl)c3)n2)CC1. The molecule has 0 unspecified atom stereocenters. The van der Waals surface area contributed by atoms with Crippen LogP contribution in [-0.4, -0.2) is 58.8 Å². The molecule has 2 aromatic rings. The van der Waals surface area contributed by atoms with Gasteiger partial charge in [0.1, 0.15) is 5.69 Å². The third-order valence-electron chi connectivity index (χ3n) is 4.04. The van der Waals surface area contributed by atoms with Gasteiger partial charge in [-0.3, -0.25) is 14.9 Å². The lowest BCUT2D eigenvalue weighted by atomic mass is 10.3. The third kappa shape index (κ3) is 4.95. The Kier molecular flexibility index (Phi) is 5.92. The van der Waals surface area contributed by atoms with Gasteiger partial charge in [-0.2, -0.15) is 0 Å². The molecule has 0 aliphatic carbocycles. The number of thiazole rings is 1. The molecule has 0 atom stereocenters. The second-order valence-electron chi connectivity index (χ2n) is 5.93. The fraction of sp³-hybridized carbons (Fsp3) is 0.294. The number of hydrogen-bond acceptors (Lipinski definition) is 5. The maximum Gasteiger partial charge on any atom is 0.325 e. The molecule has 0 saturated carbocycles. The van der Waals surface area contributed by atoms with Gasteiger partial charge in [0.2, 0.25) is 5.91 Å². The lowest BCUT2D eigenvalue weighted by Crippen LogP contribution is -2.50. The summed E-state index contributed by atoms with van der Waals surface area (Å²) in [7, 11) is 0. The number of benzene rings is 1. The van der Waals surface area contributed by atoms with E-state index in [-0.39, 0.29) is 17.5 Å². The standard InChI is InChI=1S/C17H18ClN5O3S/c1-11(24)22-5-7-23(8-6-22)15(25)14-10-27-17(20-14)21-16(26)19-13-4-2-3-12(18)9-13/h2-4,9-10H,5-8H2,1H3,(H2,19,20,21,26). The van der Waals surface area contributed by atoms with Crippen molar-refractivity contribution in [1.82, 2.24) is 14.8 Å². The van der Waals surface area contributed by atoms with E-state index in [2.05, 4.69) is 15.6 Å². The number of hydrogen-bond donors (Lipinski definition) is 2. The minimum atomic E-state index is -0.472. The van der Waals surface area contributed by atoms with Crippen LogP contribution in [0.1, 0.15) is 17.4 Å². The van der Waals surface area contributed by atoms with Crippen LogP contribution >= 0.6 is 22.9 Å². The van der Waals surface area contributed by atoms with Gasteiger partial charge < -0.3 is 15.1 Å². The molecule has 1 aliphatic heterocycles. The molecule has 2 heterocycles. The summed E-state index contributed by atoms with van der Waals surface area (Å²) in [5.41, 5.74) is 0.825. The number of aromatic nitrogens is 1. The van der Waals surface area contributed by atoms with Crippen LogP contribution in [0.15, 0.2) is 29.6 Å². The first-order valence-electron chi connectivity index (χ1n) is 8.26. The average molecular weight is 408 g/mol. The zero-order valence-electron chi connectivity index (χ0n) is 14.6. The summed E-state index contributed by atoms with van der Waals surface area (Å²) in [4.78, 5) is 43.5. The minimum Gasteiger partial charge on any atom is -0.339 e. The predicted molar refractivity (Wildman–Crippen MR) is 104 cm³/mol. The highest BCUT2D eigenvalue weighted by Crippen LogP contribution is 2.19. The Hall–Kier alpha value is -2.65.